The minimum Gasteiger partial charge on any atom is -0.330 e. The lowest BCUT2D eigenvalue weighted by atomic mass is 9.84. The lowest BCUT2D eigenvalue weighted by Crippen LogP contribution is -2.28. The highest BCUT2D eigenvalue weighted by Gasteiger charge is 2.32. The van der Waals surface area contributed by atoms with Gasteiger partial charge < -0.3 is 11.5 Å². The standard InChI is InChI=1S/C20H24N4O6S2/c21-7-1-9-23-31(27,28)13-3-5-15-17(11-13)20(26)18-12-14(4-6-16(18)19(15)25)32(29,30)24-10-2-8-22/h3-6,11-12,23-24H,1-2,7-10,21-22H2. The van der Waals surface area contributed by atoms with Gasteiger partial charge in [-0.3, -0.25) is 9.59 Å². The third-order valence-electron chi connectivity index (χ3n) is 4.93. The fourth-order valence-corrected chi connectivity index (χ4v) is 5.43. The summed E-state index contributed by atoms with van der Waals surface area (Å²) < 4.78 is 54.7. The Kier molecular flexibility index (Phi) is 7.22. The summed E-state index contributed by atoms with van der Waals surface area (Å²) in [6, 6.07) is 7.33. The van der Waals surface area contributed by atoms with Gasteiger partial charge in [0.2, 0.25) is 20.0 Å². The number of ketones is 2. The molecule has 0 aromatic heterocycles. The third-order valence-corrected chi connectivity index (χ3v) is 7.84. The van der Waals surface area contributed by atoms with Crippen LogP contribution in [0.5, 0.6) is 0 Å². The number of fused-ring (bicyclic) bond motifs is 2. The summed E-state index contributed by atoms with van der Waals surface area (Å²) in [6.07, 6.45) is 0.872. The van der Waals surface area contributed by atoms with Crippen LogP contribution in [0.25, 0.3) is 0 Å². The highest BCUT2D eigenvalue weighted by molar-refractivity contribution is 7.89. The molecule has 12 heteroatoms. The van der Waals surface area contributed by atoms with Crippen LogP contribution in [0, 0.1) is 0 Å². The van der Waals surface area contributed by atoms with Crippen molar-refractivity contribution in [2.24, 2.45) is 11.5 Å². The molecule has 0 spiro atoms. The van der Waals surface area contributed by atoms with Crippen molar-refractivity contribution >= 4 is 31.6 Å². The first-order chi connectivity index (χ1) is 15.1. The molecular weight excluding hydrogens is 456 g/mol. The molecule has 0 saturated heterocycles. The van der Waals surface area contributed by atoms with Gasteiger partial charge in [0.1, 0.15) is 0 Å². The van der Waals surface area contributed by atoms with E-state index in [4.69, 9.17) is 11.5 Å². The van der Waals surface area contributed by atoms with E-state index in [1.54, 1.807) is 0 Å². The smallest absolute Gasteiger partial charge is 0.240 e. The van der Waals surface area contributed by atoms with Crippen molar-refractivity contribution in [2.45, 2.75) is 22.6 Å². The van der Waals surface area contributed by atoms with E-state index in [0.29, 0.717) is 25.9 Å². The van der Waals surface area contributed by atoms with E-state index in [2.05, 4.69) is 9.44 Å². The van der Waals surface area contributed by atoms with E-state index >= 15 is 0 Å². The van der Waals surface area contributed by atoms with E-state index in [-0.39, 0.29) is 45.1 Å². The Hall–Kier alpha value is -2.48. The topological polar surface area (TPSA) is 179 Å². The Bertz CT molecular complexity index is 1180. The molecule has 32 heavy (non-hydrogen) atoms. The van der Waals surface area contributed by atoms with Gasteiger partial charge >= 0.3 is 0 Å². The summed E-state index contributed by atoms with van der Waals surface area (Å²) in [5.74, 6) is -1.12. The number of nitrogens with two attached hydrogens (primary N) is 2. The quantitative estimate of drug-likeness (QED) is 0.286. The molecule has 6 N–H and O–H groups in total. The van der Waals surface area contributed by atoms with E-state index < -0.39 is 31.6 Å². The summed E-state index contributed by atoms with van der Waals surface area (Å²) in [5, 5.41) is 0. The van der Waals surface area contributed by atoms with Gasteiger partial charge in [0.05, 0.1) is 9.79 Å². The van der Waals surface area contributed by atoms with Gasteiger partial charge in [-0.05, 0) is 62.3 Å². The van der Waals surface area contributed by atoms with Crippen LogP contribution in [0.2, 0.25) is 0 Å². The van der Waals surface area contributed by atoms with E-state index in [1.165, 1.54) is 24.3 Å². The van der Waals surface area contributed by atoms with Gasteiger partial charge in [-0.15, -0.1) is 0 Å². The van der Waals surface area contributed by atoms with E-state index in [1.807, 2.05) is 0 Å². The van der Waals surface area contributed by atoms with Crippen molar-refractivity contribution in [3.63, 3.8) is 0 Å². The molecule has 1 aliphatic rings. The van der Waals surface area contributed by atoms with Gasteiger partial charge in [-0.25, -0.2) is 26.3 Å². The first-order valence-electron chi connectivity index (χ1n) is 9.89. The Labute approximate surface area is 186 Å². The molecule has 0 atom stereocenters. The molecule has 0 heterocycles. The molecule has 0 bridgehead atoms. The first kappa shape index (κ1) is 24.2. The molecule has 172 valence electrons. The molecule has 0 fully saturated rings. The maximum absolute atomic E-state index is 13.1. The molecule has 0 amide bonds. The minimum atomic E-state index is -3.91. The number of rotatable bonds is 10. The Morgan fingerprint density at radius 3 is 1.38 bits per heavy atom. The maximum atomic E-state index is 13.1. The summed E-state index contributed by atoms with van der Waals surface area (Å²) >= 11 is 0. The van der Waals surface area contributed by atoms with Crippen LogP contribution in [-0.2, 0) is 20.0 Å². The first-order valence-corrected chi connectivity index (χ1v) is 12.9. The Balaban J connectivity index is 1.99. The van der Waals surface area contributed by atoms with Crippen molar-refractivity contribution in [3.8, 4) is 0 Å². The lowest BCUT2D eigenvalue weighted by molar-refractivity contribution is 0.0978. The van der Waals surface area contributed by atoms with Gasteiger partial charge in [-0.2, -0.15) is 0 Å². The Morgan fingerprint density at radius 1 is 0.625 bits per heavy atom. The predicted octanol–water partition coefficient (Wildman–Crippen LogP) is -0.284. The van der Waals surface area contributed by atoms with Crippen molar-refractivity contribution in [1.29, 1.82) is 0 Å². The van der Waals surface area contributed by atoms with E-state index in [0.717, 1.165) is 12.1 Å². The molecule has 1 aliphatic carbocycles. The predicted molar refractivity (Wildman–Crippen MR) is 117 cm³/mol. The van der Waals surface area contributed by atoms with Crippen LogP contribution < -0.4 is 20.9 Å². The van der Waals surface area contributed by atoms with Crippen LogP contribution in [0.15, 0.2) is 46.2 Å². The Morgan fingerprint density at radius 2 is 1.00 bits per heavy atom. The number of hydrogen-bond donors (Lipinski definition) is 4. The van der Waals surface area contributed by atoms with Crippen LogP contribution in [0.3, 0.4) is 0 Å². The van der Waals surface area contributed by atoms with Crippen molar-refractivity contribution in [1.82, 2.24) is 9.44 Å². The molecule has 0 unspecified atom stereocenters. The molecule has 2 aromatic carbocycles. The minimum absolute atomic E-state index is 0.0556. The number of benzene rings is 2. The van der Waals surface area contributed by atoms with Crippen molar-refractivity contribution in [2.75, 3.05) is 26.2 Å². The number of carbonyl (C=O) groups is 2. The third kappa shape index (κ3) is 4.80. The monoisotopic (exact) mass is 480 g/mol. The lowest BCUT2D eigenvalue weighted by Gasteiger charge is -2.19. The number of carbonyl (C=O) groups excluding carboxylic acids is 2. The fraction of sp³-hybridized carbons (Fsp3) is 0.300. The summed E-state index contributed by atoms with van der Waals surface area (Å²) in [7, 11) is -7.83. The van der Waals surface area contributed by atoms with Crippen LogP contribution in [0.4, 0.5) is 0 Å². The average Bonchev–Trinajstić information content (AvgIpc) is 2.77. The summed E-state index contributed by atoms with van der Waals surface area (Å²) in [4.78, 5) is 25.7. The zero-order valence-corrected chi connectivity index (χ0v) is 18.8. The van der Waals surface area contributed by atoms with Crippen LogP contribution in [-0.4, -0.2) is 54.6 Å². The summed E-state index contributed by atoms with van der Waals surface area (Å²) in [5.41, 5.74) is 10.7. The highest BCUT2D eigenvalue weighted by Crippen LogP contribution is 2.30. The molecule has 10 nitrogen and oxygen atoms in total. The second kappa shape index (κ2) is 9.57. The molecule has 0 radical (unpaired) electrons. The fourth-order valence-electron chi connectivity index (χ4n) is 3.23. The van der Waals surface area contributed by atoms with Crippen molar-refractivity contribution < 1.29 is 26.4 Å². The zero-order chi connectivity index (χ0) is 23.5. The molecule has 0 aliphatic heterocycles. The largest absolute Gasteiger partial charge is 0.330 e. The summed E-state index contributed by atoms with van der Waals surface area (Å²) in [6.45, 7) is 0.875. The maximum Gasteiger partial charge on any atom is 0.240 e. The number of hydrogen-bond acceptors (Lipinski definition) is 8. The number of sulfonamides is 2. The van der Waals surface area contributed by atoms with Crippen LogP contribution >= 0.6 is 0 Å². The van der Waals surface area contributed by atoms with Gasteiger partial charge in [0.25, 0.3) is 0 Å². The van der Waals surface area contributed by atoms with Gasteiger partial charge in [-0.1, -0.05) is 0 Å². The average molecular weight is 481 g/mol. The van der Waals surface area contributed by atoms with Crippen molar-refractivity contribution in [3.05, 3.63) is 58.7 Å². The highest BCUT2D eigenvalue weighted by atomic mass is 32.2. The second-order valence-corrected chi connectivity index (χ2v) is 10.7. The molecular formula is C20H24N4O6S2. The van der Waals surface area contributed by atoms with Gasteiger partial charge in [0, 0.05) is 35.3 Å². The van der Waals surface area contributed by atoms with Gasteiger partial charge in [0.15, 0.2) is 11.6 Å². The van der Waals surface area contributed by atoms with E-state index in [9.17, 15) is 26.4 Å². The van der Waals surface area contributed by atoms with Crippen LogP contribution in [0.1, 0.15) is 44.7 Å². The molecule has 2 aromatic rings. The number of nitrogens with one attached hydrogen (secondary N) is 2. The SMILES string of the molecule is NCCCNS(=O)(=O)c1ccc2c(c1)C(=O)c1cc(S(=O)(=O)NCCCN)ccc1C2=O. The zero-order valence-electron chi connectivity index (χ0n) is 17.1. The molecule has 3 rings (SSSR count). The second-order valence-electron chi connectivity index (χ2n) is 7.15. The normalized spacial score (nSPS) is 13.7. The molecule has 0 saturated carbocycles.